The molecule has 4 aromatic carbocycles. The van der Waals surface area contributed by atoms with Gasteiger partial charge in [0.1, 0.15) is 12.1 Å². The van der Waals surface area contributed by atoms with E-state index in [9.17, 15) is 9.59 Å². The molecule has 6 nitrogen and oxygen atoms in total. The highest BCUT2D eigenvalue weighted by Crippen LogP contribution is 2.58. The molecule has 7 rings (SSSR count). The molecule has 1 fully saturated rings. The van der Waals surface area contributed by atoms with Crippen LogP contribution in [0.15, 0.2) is 125 Å². The number of rotatable bonds is 4. The predicted molar refractivity (Wildman–Crippen MR) is 144 cm³/mol. The lowest BCUT2D eigenvalue weighted by atomic mass is 9.72. The fourth-order valence-electron chi connectivity index (χ4n) is 6.07. The average molecular weight is 498 g/mol. The van der Waals surface area contributed by atoms with Crippen molar-refractivity contribution in [2.24, 2.45) is 10.1 Å². The van der Waals surface area contributed by atoms with Crippen LogP contribution in [0.4, 0.5) is 0 Å². The molecule has 4 aromatic rings. The Morgan fingerprint density at radius 3 is 2.16 bits per heavy atom. The van der Waals surface area contributed by atoms with Gasteiger partial charge < -0.3 is 4.74 Å². The lowest BCUT2D eigenvalue weighted by Gasteiger charge is -2.34. The number of carbonyl (C=O) groups is 2. The molecule has 0 N–H and O–H groups in total. The van der Waals surface area contributed by atoms with Gasteiger partial charge in [0.2, 0.25) is 5.90 Å². The summed E-state index contributed by atoms with van der Waals surface area (Å²) in [5, 5.41) is 6.58. The largest absolute Gasteiger partial charge is 0.405 e. The van der Waals surface area contributed by atoms with Crippen LogP contribution in [0.5, 0.6) is 0 Å². The maximum atomic E-state index is 14.3. The Balaban J connectivity index is 1.52. The van der Waals surface area contributed by atoms with Crippen LogP contribution >= 0.6 is 0 Å². The Morgan fingerprint density at radius 2 is 1.42 bits per heavy atom. The highest BCUT2D eigenvalue weighted by Gasteiger charge is 2.70. The van der Waals surface area contributed by atoms with Crippen LogP contribution in [-0.4, -0.2) is 40.5 Å². The minimum atomic E-state index is -1.42. The van der Waals surface area contributed by atoms with Crippen molar-refractivity contribution >= 4 is 23.9 Å². The Hall–Kier alpha value is -4.84. The Morgan fingerprint density at radius 1 is 0.789 bits per heavy atom. The minimum absolute atomic E-state index is 0.117. The summed E-state index contributed by atoms with van der Waals surface area (Å²) in [4.78, 5) is 33.6. The van der Waals surface area contributed by atoms with Gasteiger partial charge in [0.25, 0.3) is 0 Å². The Kier molecular flexibility index (Phi) is 5.08. The van der Waals surface area contributed by atoms with E-state index in [1.807, 2.05) is 103 Å². The van der Waals surface area contributed by atoms with E-state index >= 15 is 0 Å². The number of hydrogen-bond donors (Lipinski definition) is 0. The number of cyclic esters (lactones) is 1. The molecule has 1 spiro atoms. The second kappa shape index (κ2) is 8.63. The Labute approximate surface area is 219 Å². The molecule has 0 aliphatic carbocycles. The number of ether oxygens (including phenoxy) is 1. The molecule has 1 saturated heterocycles. The van der Waals surface area contributed by atoms with Crippen LogP contribution < -0.4 is 0 Å². The third-order valence-electron chi connectivity index (χ3n) is 7.69. The molecule has 3 heterocycles. The highest BCUT2D eigenvalue weighted by molar-refractivity contribution is 6.11. The molecule has 184 valence electrons. The number of Topliss-reactive ketones (excluding diaryl/α,β-unsaturated/α-hetero) is 1. The smallest absolute Gasteiger partial charge is 0.344 e. The summed E-state index contributed by atoms with van der Waals surface area (Å²) in [5.41, 5.74) is 2.46. The van der Waals surface area contributed by atoms with E-state index < -0.39 is 29.5 Å². The first kappa shape index (κ1) is 22.4. The number of carbonyl (C=O) groups excluding carboxylic acids is 2. The number of aliphatic imine (C=N–C) groups is 1. The number of benzene rings is 4. The van der Waals surface area contributed by atoms with Gasteiger partial charge in [0, 0.05) is 11.1 Å². The van der Waals surface area contributed by atoms with Gasteiger partial charge >= 0.3 is 5.97 Å². The first-order valence-corrected chi connectivity index (χ1v) is 12.6. The van der Waals surface area contributed by atoms with Crippen molar-refractivity contribution in [1.82, 2.24) is 5.01 Å². The molecule has 3 aliphatic rings. The molecule has 0 unspecified atom stereocenters. The van der Waals surface area contributed by atoms with Crippen molar-refractivity contribution in [1.29, 1.82) is 0 Å². The number of fused-ring (bicyclic) bond motifs is 4. The van der Waals surface area contributed by atoms with Crippen molar-refractivity contribution in [3.05, 3.63) is 143 Å². The normalized spacial score (nSPS) is 25.1. The third-order valence-corrected chi connectivity index (χ3v) is 7.69. The predicted octanol–water partition coefficient (Wildman–Crippen LogP) is 5.17. The van der Waals surface area contributed by atoms with E-state index in [1.54, 1.807) is 23.4 Å². The summed E-state index contributed by atoms with van der Waals surface area (Å²) in [6, 6.07) is 34.7. The zero-order valence-electron chi connectivity index (χ0n) is 20.3. The molecule has 38 heavy (non-hydrogen) atoms. The number of hydrazone groups is 1. The SMILES string of the molecule is O=C(c1ccccc1)[C@@H]1[C@H](c2ccccc2)[C@]2(N=C(c3ccccc3)OC2=O)[C@H]2c3ccccc3C=NN12. The zero-order valence-corrected chi connectivity index (χ0v) is 20.3. The van der Waals surface area contributed by atoms with Crippen LogP contribution in [0, 0.1) is 0 Å². The lowest BCUT2D eigenvalue weighted by molar-refractivity contribution is -0.140. The van der Waals surface area contributed by atoms with Gasteiger partial charge in [-0.1, -0.05) is 103 Å². The van der Waals surface area contributed by atoms with Crippen LogP contribution in [-0.2, 0) is 9.53 Å². The number of nitrogens with zero attached hydrogens (tertiary/aromatic N) is 3. The summed E-state index contributed by atoms with van der Waals surface area (Å²) < 4.78 is 5.96. The van der Waals surface area contributed by atoms with Crippen molar-refractivity contribution in [2.75, 3.05) is 0 Å². The van der Waals surface area contributed by atoms with E-state index in [-0.39, 0.29) is 11.7 Å². The van der Waals surface area contributed by atoms with Gasteiger partial charge in [-0.25, -0.2) is 9.79 Å². The maximum absolute atomic E-state index is 14.3. The quantitative estimate of drug-likeness (QED) is 0.288. The molecule has 0 aromatic heterocycles. The molecule has 0 saturated carbocycles. The minimum Gasteiger partial charge on any atom is -0.405 e. The Bertz CT molecular complexity index is 1600. The van der Waals surface area contributed by atoms with Crippen LogP contribution in [0.2, 0.25) is 0 Å². The fraction of sp³-hybridized carbons (Fsp3) is 0.125. The van der Waals surface area contributed by atoms with E-state index in [1.165, 1.54) is 0 Å². The molecule has 0 amide bonds. The zero-order chi connectivity index (χ0) is 25.7. The third kappa shape index (κ3) is 3.20. The molecule has 3 aliphatic heterocycles. The first-order chi connectivity index (χ1) is 18.7. The van der Waals surface area contributed by atoms with Gasteiger partial charge in [-0.2, -0.15) is 5.10 Å². The van der Waals surface area contributed by atoms with Crippen molar-refractivity contribution in [3.8, 4) is 0 Å². The van der Waals surface area contributed by atoms with Gasteiger partial charge in [0.15, 0.2) is 11.3 Å². The molecule has 0 radical (unpaired) electrons. The molecular formula is C32H23N3O3. The summed E-state index contributed by atoms with van der Waals surface area (Å²) in [6.45, 7) is 0. The van der Waals surface area contributed by atoms with Gasteiger partial charge in [-0.15, -0.1) is 0 Å². The summed E-state index contributed by atoms with van der Waals surface area (Å²) in [6.07, 6.45) is 1.76. The molecule has 4 atom stereocenters. The van der Waals surface area contributed by atoms with Crippen molar-refractivity contribution in [2.45, 2.75) is 23.5 Å². The van der Waals surface area contributed by atoms with Crippen LogP contribution in [0.3, 0.4) is 0 Å². The maximum Gasteiger partial charge on any atom is 0.344 e. The highest BCUT2D eigenvalue weighted by atomic mass is 16.6. The summed E-state index contributed by atoms with van der Waals surface area (Å²) in [5.74, 6) is -0.973. The van der Waals surface area contributed by atoms with Crippen molar-refractivity contribution < 1.29 is 14.3 Å². The molecule has 6 heteroatoms. The fourth-order valence-corrected chi connectivity index (χ4v) is 6.07. The monoisotopic (exact) mass is 497 g/mol. The summed E-state index contributed by atoms with van der Waals surface area (Å²) in [7, 11) is 0. The van der Waals surface area contributed by atoms with Gasteiger partial charge in [-0.05, 0) is 28.8 Å². The number of esters is 1. The number of hydrogen-bond acceptors (Lipinski definition) is 6. The molecular weight excluding hydrogens is 474 g/mol. The average Bonchev–Trinajstić information content (AvgIpc) is 3.49. The second-order valence-corrected chi connectivity index (χ2v) is 9.72. The standard InChI is InChI=1S/C32H23N3O3/c36-28(22-14-6-2-7-15-22)27-26(21-12-4-1-5-13-21)32(29-25-19-11-10-18-24(25)20-33-35(27)29)31(37)38-30(34-32)23-16-8-3-9-17-23/h1-20,26-27,29H/t26-,27-,29+,32-/m0/s1. The van der Waals surface area contributed by atoms with E-state index in [2.05, 4.69) is 0 Å². The van der Waals surface area contributed by atoms with E-state index in [4.69, 9.17) is 14.8 Å². The van der Waals surface area contributed by atoms with Crippen LogP contribution in [0.1, 0.15) is 44.6 Å². The number of ketones is 1. The second-order valence-electron chi connectivity index (χ2n) is 9.72. The summed E-state index contributed by atoms with van der Waals surface area (Å²) >= 11 is 0. The van der Waals surface area contributed by atoms with E-state index in [0.29, 0.717) is 11.1 Å². The molecule has 0 bridgehead atoms. The van der Waals surface area contributed by atoms with Gasteiger partial charge in [-0.3, -0.25) is 9.80 Å². The first-order valence-electron chi connectivity index (χ1n) is 12.6. The topological polar surface area (TPSA) is 71.3 Å². The van der Waals surface area contributed by atoms with Crippen LogP contribution in [0.25, 0.3) is 0 Å². The lowest BCUT2D eigenvalue weighted by Crippen LogP contribution is -2.44. The van der Waals surface area contributed by atoms with E-state index in [0.717, 1.165) is 16.7 Å². The van der Waals surface area contributed by atoms with Crippen molar-refractivity contribution in [3.63, 3.8) is 0 Å². The van der Waals surface area contributed by atoms with Gasteiger partial charge in [0.05, 0.1) is 12.1 Å².